The molecule has 1 saturated heterocycles. The average molecular weight is 575 g/mol. The summed E-state index contributed by atoms with van der Waals surface area (Å²) in [6.07, 6.45) is -4.98. The lowest BCUT2D eigenvalue weighted by Gasteiger charge is -2.23. The van der Waals surface area contributed by atoms with E-state index in [4.69, 9.17) is 23.7 Å². The Balaban J connectivity index is 1.82. The van der Waals surface area contributed by atoms with Gasteiger partial charge in [0.2, 0.25) is 17.7 Å². The van der Waals surface area contributed by atoms with Crippen molar-refractivity contribution in [2.75, 3.05) is 11.9 Å². The van der Waals surface area contributed by atoms with E-state index < -0.39 is 53.2 Å². The van der Waals surface area contributed by atoms with E-state index in [-0.39, 0.29) is 35.4 Å². The van der Waals surface area contributed by atoms with Gasteiger partial charge in [-0.2, -0.15) is 9.97 Å². The number of carbonyl (C=O) groups excluding carboxylic acids is 4. The predicted octanol–water partition coefficient (Wildman–Crippen LogP) is 1.71. The molecule has 3 heterocycles. The molecule has 14 nitrogen and oxygen atoms in total. The van der Waals surface area contributed by atoms with Gasteiger partial charge in [0.05, 0.1) is 0 Å². The Labute approximate surface area is 231 Å². The minimum absolute atomic E-state index is 0.00803. The zero-order valence-corrected chi connectivity index (χ0v) is 22.8. The van der Waals surface area contributed by atoms with Gasteiger partial charge in [0, 0.05) is 27.7 Å². The van der Waals surface area contributed by atoms with Gasteiger partial charge in [0.1, 0.15) is 24.0 Å². The number of hydrogen-bond acceptors (Lipinski definition) is 13. The highest BCUT2D eigenvalue weighted by molar-refractivity contribution is 7.16. The number of fused-ring (bicyclic) bond motifs is 1. The monoisotopic (exact) mass is 574 g/mol. The molecule has 3 aromatic rings. The molecule has 15 heteroatoms. The van der Waals surface area contributed by atoms with Gasteiger partial charge in [-0.05, 0) is 5.56 Å². The van der Waals surface area contributed by atoms with E-state index in [1.165, 1.54) is 13.8 Å². The van der Waals surface area contributed by atoms with Crippen molar-refractivity contribution >= 4 is 51.4 Å². The van der Waals surface area contributed by atoms with E-state index >= 15 is 0 Å². The molecule has 0 saturated carbocycles. The van der Waals surface area contributed by atoms with Gasteiger partial charge < -0.3 is 23.7 Å². The summed E-state index contributed by atoms with van der Waals surface area (Å²) in [6.45, 7) is 4.49. The van der Waals surface area contributed by atoms with Crippen LogP contribution in [0.1, 0.15) is 39.5 Å². The van der Waals surface area contributed by atoms with Gasteiger partial charge in [-0.3, -0.25) is 33.9 Å². The number of anilines is 1. The highest BCUT2D eigenvalue weighted by Gasteiger charge is 2.51. The first-order valence-electron chi connectivity index (χ1n) is 12.0. The third kappa shape index (κ3) is 6.60. The van der Waals surface area contributed by atoms with Crippen LogP contribution in [0.4, 0.5) is 5.95 Å². The molecule has 1 amide bonds. The molecule has 212 valence electrons. The van der Waals surface area contributed by atoms with Crippen molar-refractivity contribution in [1.29, 1.82) is 0 Å². The number of aromatic nitrogens is 3. The fraction of sp³-hybridized carbons (Fsp3) is 0.400. The molecule has 1 aliphatic heterocycles. The number of amides is 1. The topological polar surface area (TPSA) is 174 Å². The van der Waals surface area contributed by atoms with Gasteiger partial charge in [0.15, 0.2) is 24.1 Å². The summed E-state index contributed by atoms with van der Waals surface area (Å²) in [4.78, 5) is 68.6. The minimum atomic E-state index is -1.35. The van der Waals surface area contributed by atoms with Gasteiger partial charge in [-0.25, -0.2) is 0 Å². The number of benzene rings is 1. The molecule has 40 heavy (non-hydrogen) atoms. The van der Waals surface area contributed by atoms with Crippen LogP contribution in [-0.2, 0) is 44.7 Å². The van der Waals surface area contributed by atoms with Crippen molar-refractivity contribution in [2.45, 2.75) is 58.8 Å². The summed E-state index contributed by atoms with van der Waals surface area (Å²) in [5.74, 6) is -2.67. The van der Waals surface area contributed by atoms with Crippen LogP contribution in [0.25, 0.3) is 10.3 Å². The van der Waals surface area contributed by atoms with Crippen molar-refractivity contribution in [3.8, 4) is 5.88 Å². The first-order chi connectivity index (χ1) is 19.0. The maximum Gasteiger partial charge on any atom is 0.311 e. The van der Waals surface area contributed by atoms with Crippen LogP contribution >= 0.6 is 11.3 Å². The smallest absolute Gasteiger partial charge is 0.311 e. The number of nitrogens with zero attached hydrogens (tertiary/aromatic N) is 3. The minimum Gasteiger partial charge on any atom is -0.472 e. The van der Waals surface area contributed by atoms with Crippen molar-refractivity contribution < 1.29 is 42.9 Å². The SMILES string of the molecule is CC(=O)Nc1nc(OCc2ccccc2)c2sc(=O)n([C@@H]3O[C@H](COC(C)=O)[C@@H](OC(C)=O)[C@H]3OC(C)=O)c2n1. The first-order valence-corrected chi connectivity index (χ1v) is 12.9. The summed E-state index contributed by atoms with van der Waals surface area (Å²) < 4.78 is 29.1. The lowest BCUT2D eigenvalue weighted by atomic mass is 10.1. The molecule has 0 radical (unpaired) electrons. The molecule has 0 bridgehead atoms. The summed E-state index contributed by atoms with van der Waals surface area (Å²) >= 11 is 0.742. The van der Waals surface area contributed by atoms with Crippen LogP contribution in [0, 0.1) is 0 Å². The van der Waals surface area contributed by atoms with E-state index in [0.717, 1.165) is 35.3 Å². The molecule has 1 aliphatic rings. The Morgan fingerprint density at radius 2 is 1.65 bits per heavy atom. The Morgan fingerprint density at radius 3 is 2.27 bits per heavy atom. The second kappa shape index (κ2) is 12.2. The van der Waals surface area contributed by atoms with Crippen molar-refractivity contribution in [3.05, 3.63) is 45.6 Å². The van der Waals surface area contributed by atoms with E-state index in [0.29, 0.717) is 0 Å². The molecule has 0 spiro atoms. The number of esters is 3. The number of thiazole rings is 1. The third-order valence-electron chi connectivity index (χ3n) is 5.53. The molecule has 4 rings (SSSR count). The molecule has 1 aromatic carbocycles. The summed E-state index contributed by atoms with van der Waals surface area (Å²) in [5, 5.41) is 2.48. The van der Waals surface area contributed by atoms with E-state index in [2.05, 4.69) is 15.3 Å². The molecule has 1 fully saturated rings. The van der Waals surface area contributed by atoms with Crippen molar-refractivity contribution in [1.82, 2.24) is 14.5 Å². The number of rotatable bonds is 9. The highest BCUT2D eigenvalue weighted by Crippen LogP contribution is 2.37. The zero-order chi connectivity index (χ0) is 29.0. The zero-order valence-electron chi connectivity index (χ0n) is 21.9. The second-order valence-electron chi connectivity index (χ2n) is 8.71. The van der Waals surface area contributed by atoms with Crippen LogP contribution in [-0.4, -0.2) is 63.3 Å². The Kier molecular flexibility index (Phi) is 8.74. The first kappa shape index (κ1) is 28.6. The number of carbonyl (C=O) groups is 4. The van der Waals surface area contributed by atoms with Crippen molar-refractivity contribution in [2.24, 2.45) is 0 Å². The molecule has 2 aromatic heterocycles. The Bertz CT molecular complexity index is 1490. The lowest BCUT2D eigenvalue weighted by Crippen LogP contribution is -2.41. The average Bonchev–Trinajstić information content (AvgIpc) is 3.36. The maximum atomic E-state index is 13.4. The fourth-order valence-corrected chi connectivity index (χ4v) is 4.95. The predicted molar refractivity (Wildman–Crippen MR) is 138 cm³/mol. The molecule has 0 aliphatic carbocycles. The molecule has 0 unspecified atom stereocenters. The summed E-state index contributed by atoms with van der Waals surface area (Å²) in [6, 6.07) is 9.21. The molecule has 1 N–H and O–H groups in total. The lowest BCUT2D eigenvalue weighted by molar-refractivity contribution is -0.166. The largest absolute Gasteiger partial charge is 0.472 e. The van der Waals surface area contributed by atoms with Crippen LogP contribution in [0.3, 0.4) is 0 Å². The highest BCUT2D eigenvalue weighted by atomic mass is 32.1. The van der Waals surface area contributed by atoms with Crippen LogP contribution in [0.5, 0.6) is 5.88 Å². The summed E-state index contributed by atoms with van der Waals surface area (Å²) in [5.41, 5.74) is 0.836. The normalized spacial score (nSPS) is 20.1. The number of ether oxygens (including phenoxy) is 5. The third-order valence-corrected chi connectivity index (χ3v) is 6.46. The van der Waals surface area contributed by atoms with Gasteiger partial charge >= 0.3 is 22.8 Å². The summed E-state index contributed by atoms with van der Waals surface area (Å²) in [7, 11) is 0. The maximum absolute atomic E-state index is 13.4. The Morgan fingerprint density at radius 1 is 0.975 bits per heavy atom. The molecule has 4 atom stereocenters. The van der Waals surface area contributed by atoms with Gasteiger partial charge in [-0.15, -0.1) is 0 Å². The van der Waals surface area contributed by atoms with Crippen LogP contribution in [0.2, 0.25) is 0 Å². The van der Waals surface area contributed by atoms with E-state index in [1.54, 1.807) is 0 Å². The number of hydrogen-bond donors (Lipinski definition) is 1. The van der Waals surface area contributed by atoms with Gasteiger partial charge in [-0.1, -0.05) is 41.7 Å². The molecular weight excluding hydrogens is 548 g/mol. The van der Waals surface area contributed by atoms with Crippen LogP contribution < -0.4 is 14.9 Å². The van der Waals surface area contributed by atoms with E-state index in [9.17, 15) is 24.0 Å². The van der Waals surface area contributed by atoms with Crippen molar-refractivity contribution in [3.63, 3.8) is 0 Å². The quantitative estimate of drug-likeness (QED) is 0.290. The Hall–Kier alpha value is -4.37. The number of nitrogens with one attached hydrogen (secondary N) is 1. The second-order valence-corrected chi connectivity index (χ2v) is 9.68. The molecular formula is C25H26N4O10S. The van der Waals surface area contributed by atoms with E-state index in [1.807, 2.05) is 30.3 Å². The standard InChI is InChI=1S/C25H26N4O10S/c1-12(30)26-24-27-21-20(22(28-24)36-10-16-8-6-5-7-9-16)40-25(34)29(21)23-19(38-15(4)33)18(37-14(3)32)17(39-23)11-35-13(2)31/h5-9,17-19,23H,10-11H2,1-4H3,(H,26,27,28,30)/t17-,18-,19-,23-/m1/s1. The van der Waals surface area contributed by atoms with Gasteiger partial charge in [0.25, 0.3) is 0 Å². The van der Waals surface area contributed by atoms with Crippen LogP contribution in [0.15, 0.2) is 35.1 Å². The fourth-order valence-electron chi connectivity index (χ4n) is 4.06.